The number of amides is 1. The summed E-state index contributed by atoms with van der Waals surface area (Å²) in [5, 5.41) is 3.33. The Kier molecular flexibility index (Phi) is 6.35. The number of nitrogens with one attached hydrogen (secondary N) is 1. The minimum atomic E-state index is -3.62. The number of anilines is 2. The van der Waals surface area contributed by atoms with E-state index < -0.39 is 15.9 Å². The molecule has 128 valence electrons. The summed E-state index contributed by atoms with van der Waals surface area (Å²) in [6, 6.07) is 11.4. The zero-order valence-electron chi connectivity index (χ0n) is 12.5. The highest BCUT2D eigenvalue weighted by atomic mass is 127. The fourth-order valence-electron chi connectivity index (χ4n) is 1.96. The van der Waals surface area contributed by atoms with Crippen LogP contribution in [0.15, 0.2) is 42.5 Å². The van der Waals surface area contributed by atoms with Gasteiger partial charge in [-0.25, -0.2) is 8.42 Å². The second kappa shape index (κ2) is 7.90. The molecule has 2 rings (SSSR count). The van der Waals surface area contributed by atoms with E-state index in [2.05, 4.69) is 27.9 Å². The monoisotopic (exact) mass is 498 g/mol. The first kappa shape index (κ1) is 19.3. The van der Waals surface area contributed by atoms with Gasteiger partial charge in [0.25, 0.3) is 0 Å². The summed E-state index contributed by atoms with van der Waals surface area (Å²) in [4.78, 5) is 12.2. The first-order valence-corrected chi connectivity index (χ1v) is 10.3. The fourth-order valence-corrected chi connectivity index (χ4v) is 3.71. The fraction of sp³-hybridized carbons (Fsp3) is 0.133. The van der Waals surface area contributed by atoms with Gasteiger partial charge >= 0.3 is 0 Å². The van der Waals surface area contributed by atoms with Crippen molar-refractivity contribution in [2.75, 3.05) is 22.4 Å². The lowest BCUT2D eigenvalue weighted by molar-refractivity contribution is -0.114. The van der Waals surface area contributed by atoms with Crippen molar-refractivity contribution in [3.8, 4) is 0 Å². The maximum atomic E-state index is 12.2. The van der Waals surface area contributed by atoms with Crippen molar-refractivity contribution in [3.05, 3.63) is 56.1 Å². The molecule has 0 aromatic heterocycles. The molecule has 24 heavy (non-hydrogen) atoms. The second-order valence-corrected chi connectivity index (χ2v) is 8.98. The molecular formula is C15H13Cl2IN2O3S. The zero-order valence-corrected chi connectivity index (χ0v) is 16.9. The van der Waals surface area contributed by atoms with Gasteiger partial charge in [-0.2, -0.15) is 0 Å². The molecule has 0 saturated carbocycles. The van der Waals surface area contributed by atoms with E-state index in [0.29, 0.717) is 21.4 Å². The molecule has 0 bridgehead atoms. The van der Waals surface area contributed by atoms with Gasteiger partial charge in [-0.1, -0.05) is 23.2 Å². The molecule has 0 heterocycles. The van der Waals surface area contributed by atoms with E-state index >= 15 is 0 Å². The number of sulfonamides is 1. The number of nitrogens with zero attached hydrogens (tertiary/aromatic N) is 1. The molecule has 1 amide bonds. The topological polar surface area (TPSA) is 66.5 Å². The van der Waals surface area contributed by atoms with E-state index in [1.807, 2.05) is 0 Å². The Bertz CT molecular complexity index is 837. The lowest BCUT2D eigenvalue weighted by atomic mass is 10.3. The van der Waals surface area contributed by atoms with Crippen LogP contribution < -0.4 is 9.62 Å². The third kappa shape index (κ3) is 5.51. The quantitative estimate of drug-likeness (QED) is 0.633. The summed E-state index contributed by atoms with van der Waals surface area (Å²) in [5.74, 6) is -0.502. The number of carbonyl (C=O) groups excluding carboxylic acids is 1. The minimum Gasteiger partial charge on any atom is -0.324 e. The molecule has 0 atom stereocenters. The number of benzene rings is 2. The maximum absolute atomic E-state index is 12.2. The van der Waals surface area contributed by atoms with Crippen molar-refractivity contribution in [2.45, 2.75) is 0 Å². The highest BCUT2D eigenvalue weighted by Gasteiger charge is 2.21. The number of rotatable bonds is 5. The van der Waals surface area contributed by atoms with Crippen LogP contribution in [-0.2, 0) is 14.8 Å². The van der Waals surface area contributed by atoms with E-state index in [0.717, 1.165) is 14.1 Å². The van der Waals surface area contributed by atoms with E-state index in [1.54, 1.807) is 24.3 Å². The van der Waals surface area contributed by atoms with Gasteiger partial charge in [-0.05, 0) is 65.1 Å². The van der Waals surface area contributed by atoms with Crippen LogP contribution in [0.2, 0.25) is 10.0 Å². The van der Waals surface area contributed by atoms with Gasteiger partial charge in [0.15, 0.2) is 0 Å². The first-order valence-electron chi connectivity index (χ1n) is 6.64. The van der Waals surface area contributed by atoms with Crippen LogP contribution in [-0.4, -0.2) is 27.1 Å². The lowest BCUT2D eigenvalue weighted by Crippen LogP contribution is -2.37. The molecule has 2 aromatic rings. The van der Waals surface area contributed by atoms with E-state index in [1.165, 1.54) is 18.2 Å². The predicted molar refractivity (Wildman–Crippen MR) is 106 cm³/mol. The van der Waals surface area contributed by atoms with Crippen molar-refractivity contribution in [3.63, 3.8) is 0 Å². The predicted octanol–water partition coefficient (Wildman–Crippen LogP) is 4.00. The largest absolute Gasteiger partial charge is 0.324 e. The Hall–Kier alpha value is -1.03. The molecule has 0 fully saturated rings. The normalized spacial score (nSPS) is 11.2. The van der Waals surface area contributed by atoms with Gasteiger partial charge in [-0.15, -0.1) is 0 Å². The highest BCUT2D eigenvalue weighted by Crippen LogP contribution is 2.23. The minimum absolute atomic E-state index is 0.358. The van der Waals surface area contributed by atoms with E-state index in [-0.39, 0.29) is 6.54 Å². The van der Waals surface area contributed by atoms with Crippen LogP contribution in [0.25, 0.3) is 0 Å². The molecule has 0 saturated heterocycles. The van der Waals surface area contributed by atoms with Gasteiger partial charge in [0.1, 0.15) is 6.54 Å². The number of hydrogen-bond acceptors (Lipinski definition) is 3. The van der Waals surface area contributed by atoms with E-state index in [4.69, 9.17) is 23.2 Å². The van der Waals surface area contributed by atoms with Crippen molar-refractivity contribution in [2.24, 2.45) is 0 Å². The van der Waals surface area contributed by atoms with Gasteiger partial charge in [0, 0.05) is 19.3 Å². The van der Waals surface area contributed by atoms with Gasteiger partial charge in [0.05, 0.1) is 11.9 Å². The van der Waals surface area contributed by atoms with Crippen molar-refractivity contribution in [1.82, 2.24) is 0 Å². The molecule has 2 aromatic carbocycles. The van der Waals surface area contributed by atoms with Crippen molar-refractivity contribution in [1.29, 1.82) is 0 Å². The number of carbonyl (C=O) groups is 1. The van der Waals surface area contributed by atoms with Crippen LogP contribution in [0.4, 0.5) is 11.4 Å². The van der Waals surface area contributed by atoms with Crippen LogP contribution >= 0.6 is 45.8 Å². The molecule has 0 spiro atoms. The zero-order chi connectivity index (χ0) is 17.9. The Labute approximate surface area is 164 Å². The molecule has 0 radical (unpaired) electrons. The molecule has 0 aliphatic heterocycles. The van der Waals surface area contributed by atoms with Crippen LogP contribution in [0.5, 0.6) is 0 Å². The molecule has 9 heteroatoms. The average molecular weight is 499 g/mol. The molecule has 1 N–H and O–H groups in total. The van der Waals surface area contributed by atoms with Gasteiger partial charge < -0.3 is 5.32 Å². The SMILES string of the molecule is CS(=O)(=O)N(CC(=O)Nc1cc(Cl)cc(Cl)c1)c1ccc(I)cc1. The molecule has 0 unspecified atom stereocenters. The standard InChI is InChI=1S/C15H13Cl2IN2O3S/c1-24(22,23)20(14-4-2-12(18)3-5-14)9-15(21)19-13-7-10(16)6-11(17)8-13/h2-8H,9H2,1H3,(H,19,21). The Morgan fingerprint density at radius 3 is 2.17 bits per heavy atom. The Morgan fingerprint density at radius 2 is 1.67 bits per heavy atom. The van der Waals surface area contributed by atoms with E-state index in [9.17, 15) is 13.2 Å². The van der Waals surface area contributed by atoms with Crippen molar-refractivity contribution < 1.29 is 13.2 Å². The number of halogens is 3. The van der Waals surface area contributed by atoms with Crippen LogP contribution in [0, 0.1) is 3.57 Å². The number of hydrogen-bond donors (Lipinski definition) is 1. The summed E-state index contributed by atoms with van der Waals surface area (Å²) in [5.41, 5.74) is 0.811. The summed E-state index contributed by atoms with van der Waals surface area (Å²) in [6.45, 7) is -0.358. The molecule has 0 aliphatic carbocycles. The van der Waals surface area contributed by atoms with Crippen LogP contribution in [0.1, 0.15) is 0 Å². The Balaban J connectivity index is 2.20. The van der Waals surface area contributed by atoms with Crippen molar-refractivity contribution >= 4 is 73.1 Å². The maximum Gasteiger partial charge on any atom is 0.245 e. The first-order chi connectivity index (χ1) is 11.1. The second-order valence-electron chi connectivity index (χ2n) is 4.95. The smallest absolute Gasteiger partial charge is 0.245 e. The third-order valence-corrected chi connectivity index (χ3v) is 5.24. The molecule has 5 nitrogen and oxygen atoms in total. The Morgan fingerprint density at radius 1 is 1.12 bits per heavy atom. The summed E-state index contributed by atoms with van der Waals surface area (Å²) >= 11 is 13.9. The summed E-state index contributed by atoms with van der Waals surface area (Å²) in [6.07, 6.45) is 1.05. The summed E-state index contributed by atoms with van der Waals surface area (Å²) in [7, 11) is -3.62. The third-order valence-electron chi connectivity index (χ3n) is 2.95. The lowest BCUT2D eigenvalue weighted by Gasteiger charge is -2.22. The molecular weight excluding hydrogens is 486 g/mol. The average Bonchev–Trinajstić information content (AvgIpc) is 2.43. The molecule has 0 aliphatic rings. The van der Waals surface area contributed by atoms with Crippen LogP contribution in [0.3, 0.4) is 0 Å². The summed E-state index contributed by atoms with van der Waals surface area (Å²) < 4.78 is 26.0. The highest BCUT2D eigenvalue weighted by molar-refractivity contribution is 14.1. The van der Waals surface area contributed by atoms with Gasteiger partial charge in [0.2, 0.25) is 15.9 Å². The van der Waals surface area contributed by atoms with Gasteiger partial charge in [-0.3, -0.25) is 9.10 Å².